The van der Waals surface area contributed by atoms with Crippen molar-refractivity contribution in [3.63, 3.8) is 0 Å². The summed E-state index contributed by atoms with van der Waals surface area (Å²) >= 11 is 6.34. The minimum absolute atomic E-state index is 0.126. The highest BCUT2D eigenvalue weighted by molar-refractivity contribution is 6.30. The highest BCUT2D eigenvalue weighted by Gasteiger charge is 2.49. The minimum Gasteiger partial charge on any atom is -0.355 e. The second kappa shape index (κ2) is 8.99. The fraction of sp³-hybridized carbons (Fsp3) is 0.520. The SMILES string of the molecule is Cc1nccnc1N1CCC(c2nnc3n2-c2ccc(Cl)cc2CN(C2CC(C(F)(F)F)C2)C3)CC1. The van der Waals surface area contributed by atoms with Gasteiger partial charge in [0.2, 0.25) is 0 Å². The van der Waals surface area contributed by atoms with Crippen molar-refractivity contribution in [2.24, 2.45) is 5.92 Å². The third-order valence-electron chi connectivity index (χ3n) is 7.86. The molecular formula is C25H27ClF3N7. The predicted molar refractivity (Wildman–Crippen MR) is 129 cm³/mol. The Hall–Kier alpha value is -2.72. The van der Waals surface area contributed by atoms with Gasteiger partial charge < -0.3 is 4.90 Å². The maximum atomic E-state index is 13.1. The maximum Gasteiger partial charge on any atom is 0.391 e. The molecule has 190 valence electrons. The number of halogens is 4. The summed E-state index contributed by atoms with van der Waals surface area (Å²) in [6.45, 7) is 4.66. The smallest absolute Gasteiger partial charge is 0.355 e. The van der Waals surface area contributed by atoms with E-state index in [2.05, 4.69) is 34.5 Å². The summed E-state index contributed by atoms with van der Waals surface area (Å²) in [4.78, 5) is 13.2. The molecule has 0 bridgehead atoms. The van der Waals surface area contributed by atoms with E-state index in [1.165, 1.54) is 0 Å². The van der Waals surface area contributed by atoms with Crippen molar-refractivity contribution in [3.8, 4) is 5.69 Å². The zero-order valence-electron chi connectivity index (χ0n) is 19.9. The lowest BCUT2D eigenvalue weighted by Gasteiger charge is -2.43. The van der Waals surface area contributed by atoms with Crippen LogP contribution in [-0.2, 0) is 13.1 Å². The highest BCUT2D eigenvalue weighted by atomic mass is 35.5. The van der Waals surface area contributed by atoms with Crippen molar-refractivity contribution in [3.05, 3.63) is 58.5 Å². The summed E-state index contributed by atoms with van der Waals surface area (Å²) in [6, 6.07) is 5.62. The summed E-state index contributed by atoms with van der Waals surface area (Å²) in [5.41, 5.74) is 2.88. The maximum absolute atomic E-state index is 13.1. The Kier molecular flexibility index (Phi) is 5.91. The average Bonchev–Trinajstić information content (AvgIpc) is 3.14. The summed E-state index contributed by atoms with van der Waals surface area (Å²) in [7, 11) is 0. The van der Waals surface area contributed by atoms with Crippen LogP contribution in [0.15, 0.2) is 30.6 Å². The highest BCUT2D eigenvalue weighted by Crippen LogP contribution is 2.45. The Balaban J connectivity index is 1.27. The van der Waals surface area contributed by atoms with Gasteiger partial charge in [0, 0.05) is 49.0 Å². The van der Waals surface area contributed by atoms with E-state index in [1.807, 2.05) is 25.1 Å². The van der Waals surface area contributed by atoms with Crippen LogP contribution >= 0.6 is 11.6 Å². The van der Waals surface area contributed by atoms with E-state index < -0.39 is 12.1 Å². The Morgan fingerprint density at radius 3 is 2.47 bits per heavy atom. The molecule has 0 spiro atoms. The van der Waals surface area contributed by atoms with Crippen molar-refractivity contribution in [1.29, 1.82) is 0 Å². The number of anilines is 1. The molecule has 1 saturated heterocycles. The van der Waals surface area contributed by atoms with E-state index in [4.69, 9.17) is 11.6 Å². The molecule has 3 aromatic rings. The molecule has 2 fully saturated rings. The van der Waals surface area contributed by atoms with E-state index in [1.54, 1.807) is 12.4 Å². The van der Waals surface area contributed by atoms with E-state index in [9.17, 15) is 13.2 Å². The normalized spacial score (nSPS) is 23.1. The van der Waals surface area contributed by atoms with Gasteiger partial charge in [0.1, 0.15) is 11.6 Å². The lowest BCUT2D eigenvalue weighted by molar-refractivity contribution is -0.207. The van der Waals surface area contributed by atoms with Crippen LogP contribution in [0.25, 0.3) is 5.69 Å². The Morgan fingerprint density at radius 1 is 1.00 bits per heavy atom. The topological polar surface area (TPSA) is 63.0 Å². The number of alkyl halides is 3. The first kappa shape index (κ1) is 23.7. The second-order valence-electron chi connectivity index (χ2n) is 10.1. The van der Waals surface area contributed by atoms with E-state index in [0.717, 1.165) is 60.3 Å². The van der Waals surface area contributed by atoms with Gasteiger partial charge in [-0.25, -0.2) is 4.98 Å². The molecule has 0 amide bonds. The van der Waals surface area contributed by atoms with Gasteiger partial charge in [-0.1, -0.05) is 11.6 Å². The minimum atomic E-state index is -4.13. The third-order valence-corrected chi connectivity index (χ3v) is 8.10. The van der Waals surface area contributed by atoms with Crippen molar-refractivity contribution in [1.82, 2.24) is 29.6 Å². The van der Waals surface area contributed by atoms with Gasteiger partial charge in [0.15, 0.2) is 5.82 Å². The molecule has 0 unspecified atom stereocenters. The lowest BCUT2D eigenvalue weighted by atomic mass is 9.78. The van der Waals surface area contributed by atoms with Gasteiger partial charge in [0.05, 0.1) is 23.8 Å². The van der Waals surface area contributed by atoms with Gasteiger partial charge in [-0.2, -0.15) is 13.2 Å². The molecule has 2 aromatic heterocycles. The monoisotopic (exact) mass is 517 g/mol. The van der Waals surface area contributed by atoms with Crippen LogP contribution in [0, 0.1) is 12.8 Å². The van der Waals surface area contributed by atoms with E-state index in [0.29, 0.717) is 18.1 Å². The van der Waals surface area contributed by atoms with Crippen LogP contribution in [0.2, 0.25) is 5.02 Å². The van der Waals surface area contributed by atoms with Crippen LogP contribution in [0.3, 0.4) is 0 Å². The first-order valence-electron chi connectivity index (χ1n) is 12.3. The molecule has 6 rings (SSSR count). The standard InChI is InChI=1S/C25H27ClF3N7/c1-15-23(31-7-6-30-15)34-8-4-16(5-9-34)24-33-32-22-14-35(20-11-18(12-20)25(27,28)29)13-17-10-19(26)2-3-21(17)36(22)24/h2-3,6-7,10,16,18,20H,4-5,8-9,11-14H2,1H3. The zero-order chi connectivity index (χ0) is 25.0. The van der Waals surface area contributed by atoms with Crippen LogP contribution < -0.4 is 4.90 Å². The molecular weight excluding hydrogens is 491 g/mol. The number of aryl methyl sites for hydroxylation is 1. The number of aromatic nitrogens is 5. The largest absolute Gasteiger partial charge is 0.391 e. The van der Waals surface area contributed by atoms with E-state index >= 15 is 0 Å². The number of rotatable bonds is 3. The number of hydrogen-bond donors (Lipinski definition) is 0. The number of nitrogens with zero attached hydrogens (tertiary/aromatic N) is 7. The van der Waals surface area contributed by atoms with E-state index in [-0.39, 0.29) is 24.8 Å². The summed E-state index contributed by atoms with van der Waals surface area (Å²) in [5.74, 6) is 1.60. The van der Waals surface area contributed by atoms with Crippen LogP contribution in [0.5, 0.6) is 0 Å². The van der Waals surface area contributed by atoms with Crippen molar-refractivity contribution in [2.75, 3.05) is 18.0 Å². The first-order chi connectivity index (χ1) is 17.3. The summed E-state index contributed by atoms with van der Waals surface area (Å²) in [6.07, 6.45) is 1.35. The Labute approximate surface area is 212 Å². The average molecular weight is 518 g/mol. The molecule has 4 heterocycles. The molecule has 0 atom stereocenters. The molecule has 1 aliphatic carbocycles. The number of benzene rings is 1. The first-order valence-corrected chi connectivity index (χ1v) is 12.7. The van der Waals surface area contributed by atoms with Crippen LogP contribution in [-0.4, -0.2) is 54.9 Å². The van der Waals surface area contributed by atoms with Crippen molar-refractivity contribution >= 4 is 17.4 Å². The molecule has 0 N–H and O–H groups in total. The molecule has 7 nitrogen and oxygen atoms in total. The predicted octanol–water partition coefficient (Wildman–Crippen LogP) is 5.06. The van der Waals surface area contributed by atoms with Gasteiger partial charge >= 0.3 is 6.18 Å². The molecule has 11 heteroatoms. The third kappa shape index (κ3) is 4.24. The number of hydrogen-bond acceptors (Lipinski definition) is 6. The van der Waals surface area contributed by atoms with Gasteiger partial charge in [0.25, 0.3) is 0 Å². The van der Waals surface area contributed by atoms with Crippen LogP contribution in [0.1, 0.15) is 54.5 Å². The summed E-state index contributed by atoms with van der Waals surface area (Å²) < 4.78 is 41.6. The molecule has 1 aromatic carbocycles. The Morgan fingerprint density at radius 2 is 1.75 bits per heavy atom. The van der Waals surface area contributed by atoms with Gasteiger partial charge in [-0.05, 0) is 56.4 Å². The fourth-order valence-electron chi connectivity index (χ4n) is 5.79. The van der Waals surface area contributed by atoms with Gasteiger partial charge in [-0.15, -0.1) is 10.2 Å². The zero-order valence-corrected chi connectivity index (χ0v) is 20.7. The quantitative estimate of drug-likeness (QED) is 0.484. The van der Waals surface area contributed by atoms with Gasteiger partial charge in [-0.3, -0.25) is 14.5 Å². The second-order valence-corrected chi connectivity index (χ2v) is 10.5. The number of piperidine rings is 1. The molecule has 1 saturated carbocycles. The van der Waals surface area contributed by atoms with Crippen molar-refractivity contribution in [2.45, 2.75) is 63.8 Å². The molecule has 0 radical (unpaired) electrons. The van der Waals surface area contributed by atoms with Crippen molar-refractivity contribution < 1.29 is 13.2 Å². The summed E-state index contributed by atoms with van der Waals surface area (Å²) in [5, 5.41) is 9.77. The fourth-order valence-corrected chi connectivity index (χ4v) is 5.98. The number of fused-ring (bicyclic) bond motifs is 3. The Bertz CT molecular complexity index is 1260. The van der Waals surface area contributed by atoms with Crippen LogP contribution in [0.4, 0.5) is 19.0 Å². The molecule has 36 heavy (non-hydrogen) atoms. The molecule has 3 aliphatic rings. The molecule has 2 aliphatic heterocycles. The lowest BCUT2D eigenvalue weighted by Crippen LogP contribution is -2.48.